The highest BCUT2D eigenvalue weighted by molar-refractivity contribution is 6.74. The Morgan fingerprint density at radius 1 is 0.750 bits per heavy atom. The summed E-state index contributed by atoms with van der Waals surface area (Å²) in [5.74, 6) is 0. The van der Waals surface area contributed by atoms with Crippen molar-refractivity contribution in [1.82, 2.24) is 0 Å². The van der Waals surface area contributed by atoms with Crippen molar-refractivity contribution in [2.24, 2.45) is 0 Å². The summed E-state index contributed by atoms with van der Waals surface area (Å²) in [5, 5.41) is 0.326. The van der Waals surface area contributed by atoms with Crippen molar-refractivity contribution in [1.29, 1.82) is 0 Å². The number of rotatable bonds is 12. The highest BCUT2D eigenvalue weighted by Crippen LogP contribution is 2.36. The Morgan fingerprint density at radius 2 is 1.29 bits per heavy atom. The third-order valence-electron chi connectivity index (χ3n) is 4.60. The third-order valence-corrected chi connectivity index (χ3v) is 9.14. The van der Waals surface area contributed by atoms with Crippen LogP contribution in [0.3, 0.4) is 0 Å². The van der Waals surface area contributed by atoms with Crippen LogP contribution in [-0.2, 0) is 4.43 Å². The quantitative estimate of drug-likeness (QED) is 0.200. The predicted octanol–water partition coefficient (Wildman–Crippen LogP) is 7.59. The van der Waals surface area contributed by atoms with Crippen molar-refractivity contribution >= 4 is 8.32 Å². The first kappa shape index (κ1) is 23.1. The van der Waals surface area contributed by atoms with E-state index in [4.69, 9.17) is 4.43 Å². The lowest BCUT2D eigenvalue weighted by Gasteiger charge is -2.36. The maximum absolute atomic E-state index is 6.21. The average molecular weight is 349 g/mol. The lowest BCUT2D eigenvalue weighted by atomic mass is 10.1. The number of allylic oxidation sites excluding steroid dienone is 8. The van der Waals surface area contributed by atoms with Gasteiger partial charge >= 0.3 is 0 Å². The Bertz CT molecular complexity index is 408. The highest BCUT2D eigenvalue weighted by Gasteiger charge is 2.36. The molecule has 0 aromatic rings. The molecule has 0 aliphatic rings. The van der Waals surface area contributed by atoms with Crippen LogP contribution in [-0.4, -0.2) is 14.9 Å². The molecule has 0 amide bonds. The summed E-state index contributed by atoms with van der Waals surface area (Å²) >= 11 is 0. The lowest BCUT2D eigenvalue weighted by molar-refractivity contribution is 0.277. The van der Waals surface area contributed by atoms with E-state index in [0.717, 1.165) is 13.0 Å². The molecule has 0 atom stereocenters. The van der Waals surface area contributed by atoms with Crippen LogP contribution in [0.1, 0.15) is 66.2 Å². The minimum absolute atomic E-state index is 0.326. The lowest BCUT2D eigenvalue weighted by Crippen LogP contribution is -2.40. The Balaban J connectivity index is 3.58. The summed E-state index contributed by atoms with van der Waals surface area (Å²) in [6.07, 6.45) is 24.3. The van der Waals surface area contributed by atoms with Gasteiger partial charge in [0.2, 0.25) is 0 Å². The molecule has 0 saturated heterocycles. The minimum atomic E-state index is -1.54. The molecular formula is C22H40OSi. The normalized spacial score (nSPS) is 14.1. The summed E-state index contributed by atoms with van der Waals surface area (Å²) < 4.78 is 6.21. The van der Waals surface area contributed by atoms with Crippen LogP contribution in [0.5, 0.6) is 0 Å². The number of hydrogen-bond donors (Lipinski definition) is 0. The molecule has 0 radical (unpaired) electrons. The Hall–Kier alpha value is -0.863. The Kier molecular flexibility index (Phi) is 12.9. The SMILES string of the molecule is CC\C=C/C=C/C=C\C=C/CCCCCCO[Si](C)(C)C(C)(C)C. The molecular weight excluding hydrogens is 308 g/mol. The second kappa shape index (κ2) is 13.4. The largest absolute Gasteiger partial charge is 0.417 e. The summed E-state index contributed by atoms with van der Waals surface area (Å²) in [4.78, 5) is 0. The van der Waals surface area contributed by atoms with E-state index in [1.807, 2.05) is 0 Å². The van der Waals surface area contributed by atoms with Gasteiger partial charge in [0.25, 0.3) is 0 Å². The van der Waals surface area contributed by atoms with Gasteiger partial charge in [0.15, 0.2) is 8.32 Å². The third kappa shape index (κ3) is 12.5. The van der Waals surface area contributed by atoms with Crippen LogP contribution in [0.25, 0.3) is 0 Å². The first-order valence-electron chi connectivity index (χ1n) is 9.60. The maximum Gasteiger partial charge on any atom is 0.191 e. The van der Waals surface area contributed by atoms with Gasteiger partial charge in [-0.1, -0.05) is 89.1 Å². The van der Waals surface area contributed by atoms with Crippen LogP contribution in [0.15, 0.2) is 48.6 Å². The summed E-state index contributed by atoms with van der Waals surface area (Å²) in [6, 6.07) is 0. The maximum atomic E-state index is 6.21. The monoisotopic (exact) mass is 348 g/mol. The molecule has 0 bridgehead atoms. The molecule has 24 heavy (non-hydrogen) atoms. The van der Waals surface area contributed by atoms with E-state index < -0.39 is 8.32 Å². The summed E-state index contributed by atoms with van der Waals surface area (Å²) in [6.45, 7) is 14.7. The predicted molar refractivity (Wildman–Crippen MR) is 113 cm³/mol. The van der Waals surface area contributed by atoms with Crippen LogP contribution >= 0.6 is 0 Å². The zero-order valence-corrected chi connectivity index (χ0v) is 18.0. The van der Waals surface area contributed by atoms with E-state index in [1.54, 1.807) is 0 Å². The van der Waals surface area contributed by atoms with Crippen molar-refractivity contribution in [2.45, 2.75) is 84.4 Å². The standard InChI is InChI=1S/C22H40OSi/c1-7-8-9-10-11-12-13-14-15-16-17-18-19-20-21-23-24(5,6)22(2,3)4/h8-15H,7,16-21H2,1-6H3/b9-8-,11-10+,13-12-,15-14-. The Labute approximate surface area is 152 Å². The fourth-order valence-corrected chi connectivity index (χ4v) is 3.00. The molecule has 0 fully saturated rings. The zero-order chi connectivity index (χ0) is 18.3. The van der Waals surface area contributed by atoms with Gasteiger partial charge in [-0.15, -0.1) is 0 Å². The molecule has 1 nitrogen and oxygen atoms in total. The molecule has 0 N–H and O–H groups in total. The molecule has 0 spiro atoms. The second-order valence-electron chi connectivity index (χ2n) is 7.85. The minimum Gasteiger partial charge on any atom is -0.417 e. The van der Waals surface area contributed by atoms with Crippen LogP contribution in [0.4, 0.5) is 0 Å². The van der Waals surface area contributed by atoms with Crippen molar-refractivity contribution in [3.05, 3.63) is 48.6 Å². The fourth-order valence-electron chi connectivity index (χ4n) is 1.91. The van der Waals surface area contributed by atoms with E-state index in [0.29, 0.717) is 5.04 Å². The van der Waals surface area contributed by atoms with E-state index in [1.165, 1.54) is 32.1 Å². The molecule has 0 unspecified atom stereocenters. The topological polar surface area (TPSA) is 9.23 Å². The van der Waals surface area contributed by atoms with Crippen LogP contribution in [0, 0.1) is 0 Å². The van der Waals surface area contributed by atoms with E-state index in [2.05, 4.69) is 89.4 Å². The zero-order valence-electron chi connectivity index (χ0n) is 17.0. The fraction of sp³-hybridized carbons (Fsp3) is 0.636. The van der Waals surface area contributed by atoms with Crippen LogP contribution in [0.2, 0.25) is 18.1 Å². The van der Waals surface area contributed by atoms with E-state index in [-0.39, 0.29) is 0 Å². The summed E-state index contributed by atoms with van der Waals surface area (Å²) in [7, 11) is -1.54. The highest BCUT2D eigenvalue weighted by atomic mass is 28.4. The molecule has 0 aromatic heterocycles. The first-order valence-corrected chi connectivity index (χ1v) is 12.5. The summed E-state index contributed by atoms with van der Waals surface area (Å²) in [5.41, 5.74) is 0. The molecule has 138 valence electrons. The second-order valence-corrected chi connectivity index (χ2v) is 12.7. The number of hydrogen-bond acceptors (Lipinski definition) is 1. The van der Waals surface area contributed by atoms with Gasteiger partial charge in [-0.3, -0.25) is 0 Å². The smallest absolute Gasteiger partial charge is 0.191 e. The molecule has 0 aromatic carbocycles. The van der Waals surface area contributed by atoms with Gasteiger partial charge in [-0.2, -0.15) is 0 Å². The van der Waals surface area contributed by atoms with Crippen molar-refractivity contribution in [3.8, 4) is 0 Å². The van der Waals surface area contributed by atoms with E-state index >= 15 is 0 Å². The van der Waals surface area contributed by atoms with Gasteiger partial charge < -0.3 is 4.43 Å². The first-order chi connectivity index (χ1) is 11.3. The van der Waals surface area contributed by atoms with Gasteiger partial charge in [-0.25, -0.2) is 0 Å². The molecule has 0 saturated carbocycles. The molecule has 0 aliphatic carbocycles. The van der Waals surface area contributed by atoms with Gasteiger partial charge in [0.05, 0.1) is 0 Å². The van der Waals surface area contributed by atoms with Gasteiger partial charge in [0, 0.05) is 6.61 Å². The van der Waals surface area contributed by atoms with Crippen LogP contribution < -0.4 is 0 Å². The van der Waals surface area contributed by atoms with Crippen molar-refractivity contribution in [2.75, 3.05) is 6.61 Å². The van der Waals surface area contributed by atoms with Crippen molar-refractivity contribution < 1.29 is 4.43 Å². The average Bonchev–Trinajstić information content (AvgIpc) is 2.50. The van der Waals surface area contributed by atoms with Crippen molar-refractivity contribution in [3.63, 3.8) is 0 Å². The molecule has 0 heterocycles. The molecule has 0 aliphatic heterocycles. The number of unbranched alkanes of at least 4 members (excludes halogenated alkanes) is 4. The Morgan fingerprint density at radius 3 is 1.88 bits per heavy atom. The van der Waals surface area contributed by atoms with Gasteiger partial charge in [-0.05, 0) is 43.8 Å². The van der Waals surface area contributed by atoms with Gasteiger partial charge in [0.1, 0.15) is 0 Å². The van der Waals surface area contributed by atoms with E-state index in [9.17, 15) is 0 Å². The molecule has 0 rings (SSSR count). The molecule has 2 heteroatoms.